The van der Waals surface area contributed by atoms with E-state index in [0.29, 0.717) is 17.8 Å². The number of rotatable bonds is 1. The number of fused-ring (bicyclic) bond motifs is 1. The van der Waals surface area contributed by atoms with Crippen LogP contribution >= 0.6 is 0 Å². The Morgan fingerprint density at radius 2 is 1.74 bits per heavy atom. The van der Waals surface area contributed by atoms with Crippen LogP contribution in [0.2, 0.25) is 0 Å². The summed E-state index contributed by atoms with van der Waals surface area (Å²) in [5.41, 5.74) is 10.2. The van der Waals surface area contributed by atoms with E-state index in [4.69, 9.17) is 5.41 Å². The van der Waals surface area contributed by atoms with Crippen molar-refractivity contribution in [3.63, 3.8) is 0 Å². The van der Waals surface area contributed by atoms with Gasteiger partial charge in [-0.25, -0.2) is 0 Å². The lowest BCUT2D eigenvalue weighted by Gasteiger charge is -2.13. The number of likely N-dealkylation sites (N-methyl/N-ethyl adjacent to an activating group) is 1. The van der Waals surface area contributed by atoms with Crippen molar-refractivity contribution in [1.82, 2.24) is 4.90 Å². The summed E-state index contributed by atoms with van der Waals surface area (Å²) in [5.74, 6) is 2.82. The van der Waals surface area contributed by atoms with E-state index in [0.717, 1.165) is 6.26 Å². The molecule has 1 atom stereocenters. The molecule has 1 unspecified atom stereocenters. The van der Waals surface area contributed by atoms with Gasteiger partial charge in [0.1, 0.15) is 0 Å². The quantitative estimate of drug-likeness (QED) is 0.106. The smallest absolute Gasteiger partial charge is 0.280 e. The molecule has 0 radical (unpaired) electrons. The Bertz CT molecular complexity index is 616. The standard InChI is InChI=1S/C9H9NO3.CH5N3.CH5NO3S/c1-10-4-9(13)5-2-7(11)8(12)3-6(5)10;2-1(3)4;1-6(3,4)5-2/h2-3,9,13H,4H2,1H3;(H5,2,3,4);2H2,1H3. The van der Waals surface area contributed by atoms with Crippen LogP contribution in [-0.4, -0.2) is 61.9 Å². The van der Waals surface area contributed by atoms with Gasteiger partial charge in [0, 0.05) is 30.9 Å². The summed E-state index contributed by atoms with van der Waals surface area (Å²) in [6, 6.07) is 0. The first-order valence-corrected chi connectivity index (χ1v) is 7.79. The highest BCUT2D eigenvalue weighted by molar-refractivity contribution is 7.85. The van der Waals surface area contributed by atoms with Gasteiger partial charge in [0.25, 0.3) is 10.1 Å². The fraction of sp³-hybridized carbons (Fsp3) is 0.364. The van der Waals surface area contributed by atoms with E-state index < -0.39 is 27.8 Å². The zero-order chi connectivity index (χ0) is 18.4. The van der Waals surface area contributed by atoms with Crippen molar-refractivity contribution in [2.24, 2.45) is 17.4 Å². The zero-order valence-electron chi connectivity index (χ0n) is 12.5. The van der Waals surface area contributed by atoms with Gasteiger partial charge in [-0.2, -0.15) is 18.6 Å². The number of aliphatic hydroxyl groups is 1. The number of likely N-dealkylation sites (tertiary alicyclic amines) is 1. The summed E-state index contributed by atoms with van der Waals surface area (Å²) in [6.07, 6.45) is 2.74. The molecule has 1 saturated heterocycles. The van der Waals surface area contributed by atoms with Crippen LogP contribution in [0.25, 0.3) is 0 Å². The van der Waals surface area contributed by atoms with Gasteiger partial charge in [-0.05, 0) is 6.08 Å². The average Bonchev–Trinajstić information content (AvgIpc) is 2.65. The number of nitrogens with one attached hydrogen (secondary N) is 1. The maximum atomic E-state index is 11.0. The number of ketones is 2. The molecular formula is C11H19N5O6S. The predicted octanol–water partition coefficient (Wildman–Crippen LogP) is -3.07. The highest BCUT2D eigenvalue weighted by atomic mass is 32.2. The summed E-state index contributed by atoms with van der Waals surface area (Å²) in [4.78, 5) is 23.8. The maximum absolute atomic E-state index is 11.0. The monoisotopic (exact) mass is 349 g/mol. The molecule has 0 saturated carbocycles. The molecule has 2 aliphatic rings. The van der Waals surface area contributed by atoms with Crippen LogP contribution in [0.1, 0.15) is 0 Å². The first kappa shape index (κ1) is 20.7. The third kappa shape index (κ3) is 7.51. The minimum absolute atomic E-state index is 0.333. The SMILES string of the molecule is CN1CC(O)C2=CC(=O)C(=O)C=C21.CS(=O)(=O)ON.N=C(N)N. The van der Waals surface area contributed by atoms with Crippen molar-refractivity contribution >= 4 is 27.6 Å². The van der Waals surface area contributed by atoms with E-state index in [2.05, 4.69) is 21.6 Å². The maximum Gasteiger partial charge on any atom is 0.280 e. The van der Waals surface area contributed by atoms with Gasteiger partial charge in [-0.15, -0.1) is 0 Å². The van der Waals surface area contributed by atoms with E-state index in [1.807, 2.05) is 0 Å². The van der Waals surface area contributed by atoms with Crippen molar-refractivity contribution in [2.75, 3.05) is 19.8 Å². The van der Waals surface area contributed by atoms with Gasteiger partial charge < -0.3 is 21.5 Å². The molecule has 8 N–H and O–H groups in total. The molecule has 1 aliphatic heterocycles. The van der Waals surface area contributed by atoms with Gasteiger partial charge in [-0.3, -0.25) is 15.0 Å². The van der Waals surface area contributed by atoms with Crippen molar-refractivity contribution < 1.29 is 27.4 Å². The number of nitrogens with two attached hydrogens (primary N) is 3. The van der Waals surface area contributed by atoms with Crippen LogP contribution in [0, 0.1) is 5.41 Å². The Hall–Kier alpha value is -2.28. The first-order chi connectivity index (χ1) is 10.4. The number of aliphatic hydroxyl groups excluding tert-OH is 1. The molecule has 12 heteroatoms. The zero-order valence-corrected chi connectivity index (χ0v) is 13.3. The van der Waals surface area contributed by atoms with Gasteiger partial charge >= 0.3 is 0 Å². The van der Waals surface area contributed by atoms with Crippen LogP contribution in [0.3, 0.4) is 0 Å². The summed E-state index contributed by atoms with van der Waals surface area (Å²) >= 11 is 0. The predicted molar refractivity (Wildman–Crippen MR) is 81.0 cm³/mol. The van der Waals surface area contributed by atoms with Gasteiger partial charge in [0.2, 0.25) is 11.6 Å². The number of β-amino-alcohol motifs (C(OH)–C–C–N with tert-alkyl or cyclic N) is 1. The average molecular weight is 349 g/mol. The third-order valence-electron chi connectivity index (χ3n) is 2.48. The number of carbonyl (C=O) groups is 2. The second-order valence-corrected chi connectivity index (χ2v) is 6.11. The minimum Gasteiger partial charge on any atom is -0.386 e. The van der Waals surface area contributed by atoms with E-state index in [1.165, 1.54) is 12.2 Å². The highest BCUT2D eigenvalue weighted by Crippen LogP contribution is 2.28. The van der Waals surface area contributed by atoms with E-state index in [9.17, 15) is 23.1 Å². The summed E-state index contributed by atoms with van der Waals surface area (Å²) in [6.45, 7) is 0.443. The van der Waals surface area contributed by atoms with Gasteiger partial charge in [0.05, 0.1) is 12.4 Å². The summed E-state index contributed by atoms with van der Waals surface area (Å²) < 4.78 is 22.7. The topological polar surface area (TPSA) is 203 Å². The molecule has 0 aromatic heterocycles. The number of hydrogen-bond acceptors (Lipinski definition) is 9. The second-order valence-electron chi connectivity index (χ2n) is 4.51. The Balaban J connectivity index is 0.000000407. The van der Waals surface area contributed by atoms with Crippen LogP contribution in [-0.2, 0) is 24.0 Å². The molecule has 1 heterocycles. The van der Waals surface area contributed by atoms with E-state index in [1.54, 1.807) is 11.9 Å². The minimum atomic E-state index is -3.38. The number of nitrogens with zero attached hydrogens (tertiary/aromatic N) is 1. The van der Waals surface area contributed by atoms with Crippen molar-refractivity contribution in [2.45, 2.75) is 6.10 Å². The van der Waals surface area contributed by atoms with Crippen molar-refractivity contribution in [1.29, 1.82) is 5.41 Å². The third-order valence-corrected chi connectivity index (χ3v) is 2.83. The molecule has 11 nitrogen and oxygen atoms in total. The van der Waals surface area contributed by atoms with Gasteiger partial charge in [0.15, 0.2) is 5.96 Å². The van der Waals surface area contributed by atoms with Crippen molar-refractivity contribution in [3.05, 3.63) is 23.4 Å². The molecule has 0 spiro atoms. The molecule has 0 aromatic carbocycles. The van der Waals surface area contributed by atoms with Crippen LogP contribution in [0.4, 0.5) is 0 Å². The van der Waals surface area contributed by atoms with E-state index >= 15 is 0 Å². The largest absolute Gasteiger partial charge is 0.386 e. The summed E-state index contributed by atoms with van der Waals surface area (Å²) in [7, 11) is -1.61. The molecule has 0 bridgehead atoms. The lowest BCUT2D eigenvalue weighted by Crippen LogP contribution is -2.20. The molecule has 1 aliphatic carbocycles. The normalized spacial score (nSPS) is 19.5. The fourth-order valence-corrected chi connectivity index (χ4v) is 1.62. The van der Waals surface area contributed by atoms with Crippen LogP contribution in [0.15, 0.2) is 23.4 Å². The lowest BCUT2D eigenvalue weighted by molar-refractivity contribution is -0.131. The Kier molecular flexibility index (Phi) is 7.55. The number of carbonyl (C=O) groups excluding carboxylic acids is 2. The Labute approximate surface area is 132 Å². The second kappa shape index (κ2) is 8.38. The molecular weight excluding hydrogens is 330 g/mol. The molecule has 0 aromatic rings. The summed E-state index contributed by atoms with van der Waals surface area (Å²) in [5, 5.41) is 15.5. The number of guanidine groups is 1. The Morgan fingerprint density at radius 3 is 2.13 bits per heavy atom. The molecule has 130 valence electrons. The first-order valence-electron chi connectivity index (χ1n) is 5.98. The molecule has 2 rings (SSSR count). The Morgan fingerprint density at radius 1 is 1.35 bits per heavy atom. The molecule has 23 heavy (non-hydrogen) atoms. The van der Waals surface area contributed by atoms with E-state index in [-0.39, 0.29) is 5.96 Å². The van der Waals surface area contributed by atoms with Gasteiger partial charge in [-0.1, -0.05) is 0 Å². The highest BCUT2D eigenvalue weighted by Gasteiger charge is 2.32. The van der Waals surface area contributed by atoms with Crippen molar-refractivity contribution in [3.8, 4) is 0 Å². The molecule has 1 fully saturated rings. The van der Waals surface area contributed by atoms with Crippen LogP contribution < -0.4 is 17.4 Å². The number of hydrogen-bond donors (Lipinski definition) is 5. The van der Waals surface area contributed by atoms with Crippen LogP contribution in [0.5, 0.6) is 0 Å². The molecule has 0 amide bonds. The fourth-order valence-electron chi connectivity index (χ4n) is 1.62. The lowest BCUT2D eigenvalue weighted by atomic mass is 10.0. The number of allylic oxidation sites excluding steroid dienone is 2.